The molecule has 1 saturated heterocycles. The van der Waals surface area contributed by atoms with Crippen LogP contribution in [0.2, 0.25) is 5.02 Å². The molecule has 5 aromatic rings. The van der Waals surface area contributed by atoms with Gasteiger partial charge in [-0.3, -0.25) is 33.6 Å². The number of halogens is 1. The smallest absolute Gasteiger partial charge is 0.264 e. The molecule has 5 heterocycles. The molecule has 0 spiro atoms. The molecular weight excluding hydrogens is 832 g/mol. The number of hydrogen-bond donors (Lipinski definition) is 3. The van der Waals surface area contributed by atoms with Crippen LogP contribution in [-0.2, 0) is 19.1 Å². The summed E-state index contributed by atoms with van der Waals surface area (Å²) in [5, 5.41) is 19.3. The number of aryl methyl sites for hydroxylation is 2. The maximum absolute atomic E-state index is 13.5. The molecule has 8 rings (SSSR count). The number of nitrogens with one attached hydrogen (secondary N) is 3. The highest BCUT2D eigenvalue weighted by molar-refractivity contribution is 7.15. The van der Waals surface area contributed by atoms with Gasteiger partial charge in [-0.1, -0.05) is 36.4 Å². The molecule has 0 aliphatic carbocycles. The number of thiophene rings is 1. The molecule has 3 aliphatic rings. The quantitative estimate of drug-likeness (QED) is 0.0711. The minimum absolute atomic E-state index is 0.0506. The van der Waals surface area contributed by atoms with Gasteiger partial charge in [0.1, 0.15) is 35.3 Å². The SMILES string of the molecule is C=C1CCC(N2C(=O)c3cccc(NCCOCCOCCOc4ccc(NC(=O)C[C@@H]5N=C(c6ccc(Cl)cc6)c6c(sc(C)c6C)-n6c(C)nnc65)cc4)c3C2=O)C(=O)N1. The lowest BCUT2D eigenvalue weighted by molar-refractivity contribution is -0.125. The zero-order chi connectivity index (χ0) is 43.5. The van der Waals surface area contributed by atoms with E-state index in [1.54, 1.807) is 53.8 Å². The fraction of sp³-hybridized carbons (Fsp3) is 0.311. The van der Waals surface area contributed by atoms with E-state index in [2.05, 4.69) is 46.6 Å². The van der Waals surface area contributed by atoms with Crippen molar-refractivity contribution in [2.75, 3.05) is 50.2 Å². The van der Waals surface area contributed by atoms with Crippen LogP contribution in [0.4, 0.5) is 11.4 Å². The lowest BCUT2D eigenvalue weighted by Crippen LogP contribution is -2.51. The van der Waals surface area contributed by atoms with Crippen LogP contribution < -0.4 is 20.7 Å². The van der Waals surface area contributed by atoms with Crippen LogP contribution in [0.3, 0.4) is 0 Å². The molecule has 17 heteroatoms. The van der Waals surface area contributed by atoms with Gasteiger partial charge in [-0.2, -0.15) is 0 Å². The molecule has 3 N–H and O–H groups in total. The van der Waals surface area contributed by atoms with E-state index in [0.29, 0.717) is 86.1 Å². The number of carbonyl (C=O) groups excluding carboxylic acids is 4. The minimum Gasteiger partial charge on any atom is -0.491 e. The molecule has 0 bridgehead atoms. The molecule has 4 amide bonds. The first-order valence-electron chi connectivity index (χ1n) is 20.3. The Morgan fingerprint density at radius 2 is 1.66 bits per heavy atom. The van der Waals surface area contributed by atoms with Gasteiger partial charge in [-0.15, -0.1) is 21.5 Å². The van der Waals surface area contributed by atoms with E-state index in [1.165, 1.54) is 4.88 Å². The average molecular weight is 877 g/mol. The molecule has 1 fully saturated rings. The van der Waals surface area contributed by atoms with E-state index in [0.717, 1.165) is 38.1 Å². The van der Waals surface area contributed by atoms with Crippen molar-refractivity contribution in [2.45, 2.75) is 52.1 Å². The Morgan fingerprint density at radius 3 is 2.42 bits per heavy atom. The summed E-state index contributed by atoms with van der Waals surface area (Å²) < 4.78 is 19.2. The lowest BCUT2D eigenvalue weighted by Gasteiger charge is -2.29. The highest BCUT2D eigenvalue weighted by atomic mass is 35.5. The van der Waals surface area contributed by atoms with Crippen LogP contribution in [0.15, 0.2) is 84.0 Å². The number of fused-ring (bicyclic) bond motifs is 4. The van der Waals surface area contributed by atoms with Gasteiger partial charge in [-0.05, 0) is 87.7 Å². The average Bonchev–Trinajstić information content (AvgIpc) is 3.83. The Kier molecular flexibility index (Phi) is 12.6. The molecule has 2 aromatic heterocycles. The largest absolute Gasteiger partial charge is 0.491 e. The first-order valence-corrected chi connectivity index (χ1v) is 21.5. The van der Waals surface area contributed by atoms with Crippen molar-refractivity contribution in [3.63, 3.8) is 0 Å². The first-order chi connectivity index (χ1) is 30.0. The summed E-state index contributed by atoms with van der Waals surface area (Å²) in [4.78, 5) is 59.9. The number of hydrogen-bond acceptors (Lipinski definition) is 12. The lowest BCUT2D eigenvalue weighted by atomic mass is 9.99. The fourth-order valence-electron chi connectivity index (χ4n) is 7.70. The molecule has 1 unspecified atom stereocenters. The molecule has 3 aromatic carbocycles. The number of piperidine rings is 1. The summed E-state index contributed by atoms with van der Waals surface area (Å²) in [6.07, 6.45) is 0.887. The van der Waals surface area contributed by atoms with E-state index in [1.807, 2.05) is 35.8 Å². The van der Waals surface area contributed by atoms with Gasteiger partial charge in [0.2, 0.25) is 11.8 Å². The summed E-state index contributed by atoms with van der Waals surface area (Å²) in [5.41, 5.74) is 6.03. The van der Waals surface area contributed by atoms with E-state index in [4.69, 9.17) is 30.8 Å². The van der Waals surface area contributed by atoms with Crippen molar-refractivity contribution in [2.24, 2.45) is 4.99 Å². The summed E-state index contributed by atoms with van der Waals surface area (Å²) in [6, 6.07) is 18.3. The predicted molar refractivity (Wildman–Crippen MR) is 236 cm³/mol. The number of nitrogens with zero attached hydrogens (tertiary/aromatic N) is 5. The number of allylic oxidation sites excluding steroid dienone is 1. The monoisotopic (exact) mass is 876 g/mol. The van der Waals surface area contributed by atoms with Crippen molar-refractivity contribution in [3.05, 3.63) is 128 Å². The molecule has 0 saturated carbocycles. The number of benzene rings is 3. The Morgan fingerprint density at radius 1 is 0.919 bits per heavy atom. The van der Waals surface area contributed by atoms with E-state index >= 15 is 0 Å². The summed E-state index contributed by atoms with van der Waals surface area (Å²) in [6.45, 7) is 11.9. The van der Waals surface area contributed by atoms with Crippen LogP contribution in [0.1, 0.15) is 79.2 Å². The summed E-state index contributed by atoms with van der Waals surface area (Å²) >= 11 is 7.90. The van der Waals surface area contributed by atoms with Gasteiger partial charge in [0.05, 0.1) is 49.7 Å². The van der Waals surface area contributed by atoms with E-state index in [-0.39, 0.29) is 23.5 Å². The van der Waals surface area contributed by atoms with Crippen molar-refractivity contribution in [1.82, 2.24) is 25.0 Å². The zero-order valence-corrected chi connectivity index (χ0v) is 36.0. The Hall–Kier alpha value is -6.20. The maximum atomic E-state index is 13.5. The van der Waals surface area contributed by atoms with E-state index < -0.39 is 29.8 Å². The van der Waals surface area contributed by atoms with Crippen LogP contribution in [0.5, 0.6) is 5.75 Å². The van der Waals surface area contributed by atoms with Crippen LogP contribution in [-0.4, -0.2) is 94.6 Å². The second-order valence-electron chi connectivity index (χ2n) is 15.0. The minimum atomic E-state index is -0.869. The zero-order valence-electron chi connectivity index (χ0n) is 34.5. The van der Waals surface area contributed by atoms with Gasteiger partial charge in [-0.25, -0.2) is 0 Å². The third-order valence-electron chi connectivity index (χ3n) is 10.9. The Bertz CT molecular complexity index is 2590. The third-order valence-corrected chi connectivity index (χ3v) is 12.3. The number of amides is 4. The van der Waals surface area contributed by atoms with Gasteiger partial charge in [0.15, 0.2) is 5.82 Å². The summed E-state index contributed by atoms with van der Waals surface area (Å²) in [5.74, 6) is 0.355. The Labute approximate surface area is 367 Å². The highest BCUT2D eigenvalue weighted by Gasteiger charge is 2.45. The number of imide groups is 1. The number of aromatic nitrogens is 3. The molecule has 15 nitrogen and oxygen atoms in total. The maximum Gasteiger partial charge on any atom is 0.264 e. The Balaban J connectivity index is 0.766. The molecular formula is C45H45ClN8O7S. The summed E-state index contributed by atoms with van der Waals surface area (Å²) in [7, 11) is 0. The van der Waals surface area contributed by atoms with Crippen molar-refractivity contribution < 1.29 is 33.4 Å². The number of carbonyl (C=O) groups is 4. The second kappa shape index (κ2) is 18.4. The van der Waals surface area contributed by atoms with Crippen molar-refractivity contribution in [1.29, 1.82) is 0 Å². The van der Waals surface area contributed by atoms with Gasteiger partial charge < -0.3 is 30.2 Å². The highest BCUT2D eigenvalue weighted by Crippen LogP contribution is 2.40. The van der Waals surface area contributed by atoms with Gasteiger partial charge >= 0.3 is 0 Å². The predicted octanol–water partition coefficient (Wildman–Crippen LogP) is 6.74. The number of rotatable bonds is 16. The third kappa shape index (κ3) is 8.77. The molecule has 320 valence electrons. The van der Waals surface area contributed by atoms with Gasteiger partial charge in [0.25, 0.3) is 11.8 Å². The molecule has 0 radical (unpaired) electrons. The topological polar surface area (TPSA) is 178 Å². The van der Waals surface area contributed by atoms with Crippen molar-refractivity contribution in [3.8, 4) is 10.8 Å². The number of ether oxygens (including phenoxy) is 3. The number of aliphatic imine (C=N–C) groups is 1. The fourth-order valence-corrected chi connectivity index (χ4v) is 9.04. The normalized spacial score (nSPS) is 16.9. The molecule has 62 heavy (non-hydrogen) atoms. The van der Waals surface area contributed by atoms with Crippen LogP contribution in [0, 0.1) is 20.8 Å². The first kappa shape index (κ1) is 42.5. The van der Waals surface area contributed by atoms with Crippen LogP contribution >= 0.6 is 22.9 Å². The van der Waals surface area contributed by atoms with E-state index in [9.17, 15) is 19.2 Å². The number of anilines is 2. The van der Waals surface area contributed by atoms with Crippen LogP contribution in [0.25, 0.3) is 5.00 Å². The standard InChI is InChI=1S/C45H45ClN8O7S/c1-25-8-17-36(42(56)48-25)54-43(57)33-6-5-7-34(39(33)44(54)58)47-18-19-59-20-21-60-22-23-61-32-15-13-31(14-16-32)49-37(55)24-35-41-52-51-28(4)53(41)45-38(26(2)27(3)62-45)40(50-35)29-9-11-30(46)12-10-29/h5-7,9-16,35-36,47H,1,8,17-24H2,2-4H3,(H,48,56)(H,49,55)/t35-,36?/m0/s1. The molecule has 2 atom stereocenters. The second-order valence-corrected chi connectivity index (χ2v) is 16.7. The van der Waals surface area contributed by atoms with Gasteiger partial charge in [0, 0.05) is 44.6 Å². The van der Waals surface area contributed by atoms with Crippen molar-refractivity contribution >= 4 is 63.7 Å². The molecule has 3 aliphatic heterocycles.